The van der Waals surface area contributed by atoms with Gasteiger partial charge in [0.1, 0.15) is 35.6 Å². The van der Waals surface area contributed by atoms with E-state index in [0.717, 1.165) is 6.07 Å². The molecule has 1 aliphatic heterocycles. The van der Waals surface area contributed by atoms with Crippen LogP contribution in [0.1, 0.15) is 15.9 Å². The van der Waals surface area contributed by atoms with Crippen LogP contribution in [0.2, 0.25) is 0 Å². The van der Waals surface area contributed by atoms with E-state index in [4.69, 9.17) is 9.47 Å². The highest BCUT2D eigenvalue weighted by Gasteiger charge is 2.43. The minimum atomic E-state index is -1.45. The summed E-state index contributed by atoms with van der Waals surface area (Å²) in [6.07, 6.45) is -3.54. The molecule has 153 valence electrons. The van der Waals surface area contributed by atoms with E-state index in [9.17, 15) is 30.3 Å². The molecule has 3 rings (SSSR count). The third kappa shape index (κ3) is 4.75. The Morgan fingerprint density at radius 1 is 1.00 bits per heavy atom. The zero-order valence-corrected chi connectivity index (χ0v) is 15.3. The summed E-state index contributed by atoms with van der Waals surface area (Å²) in [6, 6.07) is 10.2. The largest absolute Gasteiger partial charge is 0.508 e. The molecule has 1 radical (unpaired) electrons. The van der Waals surface area contributed by atoms with Crippen molar-refractivity contribution in [2.45, 2.75) is 30.7 Å². The summed E-state index contributed by atoms with van der Waals surface area (Å²) in [7, 11) is 0. The number of aromatic hydroxyl groups is 2. The third-order valence-corrected chi connectivity index (χ3v) is 4.47. The van der Waals surface area contributed by atoms with Gasteiger partial charge in [-0.25, -0.2) is 0 Å². The van der Waals surface area contributed by atoms with Crippen LogP contribution < -0.4 is 4.74 Å². The van der Waals surface area contributed by atoms with Gasteiger partial charge >= 0.3 is 0 Å². The third-order valence-electron chi connectivity index (χ3n) is 4.47. The molecule has 1 fully saturated rings. The van der Waals surface area contributed by atoms with Crippen molar-refractivity contribution in [2.24, 2.45) is 0 Å². The molecular weight excluding hydrogens is 380 g/mol. The molecule has 0 aliphatic carbocycles. The molecule has 0 unspecified atom stereocenters. The first-order valence-electron chi connectivity index (χ1n) is 8.80. The number of ketones is 1. The topological polar surface area (TPSA) is 137 Å². The van der Waals surface area contributed by atoms with Gasteiger partial charge in [-0.2, -0.15) is 0 Å². The van der Waals surface area contributed by atoms with Crippen LogP contribution in [0, 0.1) is 6.92 Å². The maximum Gasteiger partial charge on any atom is 0.229 e. The molecule has 0 spiro atoms. The van der Waals surface area contributed by atoms with Crippen molar-refractivity contribution in [3.63, 3.8) is 0 Å². The first-order valence-corrected chi connectivity index (χ1v) is 8.80. The summed E-state index contributed by atoms with van der Waals surface area (Å²) in [5.41, 5.74) is 0.727. The molecular formula is C21H21O8. The molecule has 0 saturated carbocycles. The number of aliphatic hydroxyl groups is 3. The van der Waals surface area contributed by atoms with E-state index in [-0.39, 0.29) is 17.1 Å². The lowest BCUT2D eigenvalue weighted by Gasteiger charge is -2.38. The van der Waals surface area contributed by atoms with Gasteiger partial charge in [0.25, 0.3) is 0 Å². The van der Waals surface area contributed by atoms with Crippen LogP contribution in [0.4, 0.5) is 0 Å². The molecule has 0 bridgehead atoms. The molecule has 1 saturated heterocycles. The standard InChI is InChI=1S/C21H21O8/c1-11-18(25)19(26)20(27)21(28-11)29-14-6-2-12(3-7-14)4-9-16(23)15-8-5-13(22)10-17(15)24/h2-11,18-22,24-27H,1H2/b9-4+/t11-,18-,19+,20-,21+/m0/s1. The first-order chi connectivity index (χ1) is 13.8. The van der Waals surface area contributed by atoms with Gasteiger partial charge in [0.15, 0.2) is 5.78 Å². The Balaban J connectivity index is 1.64. The maximum absolute atomic E-state index is 12.2. The van der Waals surface area contributed by atoms with E-state index in [1.54, 1.807) is 24.3 Å². The van der Waals surface area contributed by atoms with Gasteiger partial charge in [-0.15, -0.1) is 0 Å². The Morgan fingerprint density at radius 2 is 1.69 bits per heavy atom. The molecule has 0 amide bonds. The van der Waals surface area contributed by atoms with Crippen LogP contribution >= 0.6 is 0 Å². The minimum Gasteiger partial charge on any atom is -0.508 e. The van der Waals surface area contributed by atoms with Gasteiger partial charge in [0, 0.05) is 6.07 Å². The summed E-state index contributed by atoms with van der Waals surface area (Å²) in [5, 5.41) is 48.4. The number of carbonyl (C=O) groups excluding carboxylic acids is 1. The summed E-state index contributed by atoms with van der Waals surface area (Å²) < 4.78 is 10.8. The fraction of sp³-hybridized carbons (Fsp3) is 0.238. The number of hydrogen-bond donors (Lipinski definition) is 5. The van der Waals surface area contributed by atoms with Gasteiger partial charge in [0.05, 0.1) is 11.7 Å². The van der Waals surface area contributed by atoms with Crippen molar-refractivity contribution in [3.8, 4) is 17.2 Å². The number of allylic oxidation sites excluding steroid dienone is 1. The Hall–Kier alpha value is -2.91. The number of hydrogen-bond acceptors (Lipinski definition) is 8. The van der Waals surface area contributed by atoms with E-state index in [2.05, 4.69) is 6.92 Å². The van der Waals surface area contributed by atoms with Crippen molar-refractivity contribution >= 4 is 11.9 Å². The Kier molecular flexibility index (Phi) is 6.19. The molecule has 5 atom stereocenters. The van der Waals surface area contributed by atoms with E-state index in [1.165, 1.54) is 24.3 Å². The number of phenolic OH excluding ortho intramolecular Hbond substituents is 2. The average molecular weight is 401 g/mol. The number of carbonyl (C=O) groups is 1. The predicted molar refractivity (Wildman–Crippen MR) is 102 cm³/mol. The Labute approximate surface area is 166 Å². The number of aliphatic hydroxyl groups excluding tert-OH is 3. The lowest BCUT2D eigenvalue weighted by atomic mass is 10.00. The SMILES string of the molecule is [CH2][C@@H]1O[C@H](Oc2ccc(/C=C/C(=O)c3ccc(O)cc3O)cc2)[C@@H](O)[C@H](O)[C@H]1O. The fourth-order valence-corrected chi connectivity index (χ4v) is 2.80. The van der Waals surface area contributed by atoms with Crippen LogP contribution in [-0.4, -0.2) is 62.0 Å². The molecule has 8 nitrogen and oxygen atoms in total. The van der Waals surface area contributed by atoms with Crippen molar-refractivity contribution in [1.82, 2.24) is 0 Å². The van der Waals surface area contributed by atoms with Crippen LogP contribution in [0.3, 0.4) is 0 Å². The molecule has 8 heteroatoms. The highest BCUT2D eigenvalue weighted by Crippen LogP contribution is 2.25. The highest BCUT2D eigenvalue weighted by atomic mass is 16.7. The van der Waals surface area contributed by atoms with Gasteiger partial charge in [0.2, 0.25) is 6.29 Å². The second-order valence-corrected chi connectivity index (χ2v) is 6.60. The second kappa shape index (κ2) is 8.62. The monoisotopic (exact) mass is 401 g/mol. The van der Waals surface area contributed by atoms with Crippen molar-refractivity contribution in [1.29, 1.82) is 0 Å². The number of phenols is 2. The number of benzene rings is 2. The minimum absolute atomic E-state index is 0.0610. The van der Waals surface area contributed by atoms with Crippen LogP contribution in [-0.2, 0) is 4.74 Å². The predicted octanol–water partition coefficient (Wildman–Crippen LogP) is 1.01. The molecule has 2 aromatic carbocycles. The molecule has 1 heterocycles. The smallest absolute Gasteiger partial charge is 0.229 e. The van der Waals surface area contributed by atoms with Crippen molar-refractivity contribution in [2.75, 3.05) is 0 Å². The fourth-order valence-electron chi connectivity index (χ4n) is 2.80. The zero-order valence-electron chi connectivity index (χ0n) is 15.3. The number of rotatable bonds is 5. The average Bonchev–Trinajstić information content (AvgIpc) is 2.69. The molecule has 1 aliphatic rings. The Morgan fingerprint density at radius 3 is 2.34 bits per heavy atom. The van der Waals surface area contributed by atoms with Crippen molar-refractivity contribution in [3.05, 3.63) is 66.6 Å². The van der Waals surface area contributed by atoms with Gasteiger partial charge in [-0.3, -0.25) is 4.79 Å². The van der Waals surface area contributed by atoms with Crippen LogP contribution in [0.15, 0.2) is 48.5 Å². The lowest BCUT2D eigenvalue weighted by Crippen LogP contribution is -2.58. The summed E-state index contributed by atoms with van der Waals surface area (Å²) in [4.78, 5) is 12.2. The number of ether oxygens (including phenoxy) is 2. The first kappa shape index (κ1) is 20.8. The van der Waals surface area contributed by atoms with Gasteiger partial charge in [-0.05, 0) is 42.8 Å². The normalized spacial score (nSPS) is 27.1. The maximum atomic E-state index is 12.2. The highest BCUT2D eigenvalue weighted by molar-refractivity contribution is 6.08. The lowest BCUT2D eigenvalue weighted by molar-refractivity contribution is -0.262. The molecule has 5 N–H and O–H groups in total. The second-order valence-electron chi connectivity index (χ2n) is 6.60. The van der Waals surface area contributed by atoms with E-state index >= 15 is 0 Å². The molecule has 0 aromatic heterocycles. The van der Waals surface area contributed by atoms with Gasteiger partial charge in [-0.1, -0.05) is 18.2 Å². The Bertz CT molecular complexity index is 892. The molecule has 2 aromatic rings. The quantitative estimate of drug-likeness (QED) is 0.370. The zero-order chi connectivity index (χ0) is 21.1. The molecule has 29 heavy (non-hydrogen) atoms. The van der Waals surface area contributed by atoms with E-state index in [1.807, 2.05) is 0 Å². The van der Waals surface area contributed by atoms with E-state index in [0.29, 0.717) is 11.3 Å². The summed E-state index contributed by atoms with van der Waals surface area (Å²) >= 11 is 0. The van der Waals surface area contributed by atoms with Crippen LogP contribution in [0.25, 0.3) is 6.08 Å². The van der Waals surface area contributed by atoms with E-state index < -0.39 is 36.5 Å². The summed E-state index contributed by atoms with van der Waals surface area (Å²) in [5.74, 6) is -0.552. The van der Waals surface area contributed by atoms with Crippen molar-refractivity contribution < 1.29 is 39.8 Å². The summed E-state index contributed by atoms with van der Waals surface area (Å²) in [6.45, 7) is 3.55. The van der Waals surface area contributed by atoms with Gasteiger partial charge < -0.3 is 35.0 Å². The van der Waals surface area contributed by atoms with Crippen LogP contribution in [0.5, 0.6) is 17.2 Å².